The van der Waals surface area contributed by atoms with Gasteiger partial charge < -0.3 is 15.4 Å². The van der Waals surface area contributed by atoms with E-state index in [-0.39, 0.29) is 11.9 Å². The fourth-order valence-electron chi connectivity index (χ4n) is 4.85. The minimum Gasteiger partial charge on any atom is -0.497 e. The molecule has 2 N–H and O–H groups in total. The van der Waals surface area contributed by atoms with Crippen molar-refractivity contribution in [2.45, 2.75) is 51.7 Å². The first-order chi connectivity index (χ1) is 15.9. The molecule has 0 bridgehead atoms. The quantitative estimate of drug-likeness (QED) is 0.559. The molecular weight excluding hydrogens is 412 g/mol. The molecule has 6 heteroatoms. The maximum absolute atomic E-state index is 11.4. The second-order valence-electron chi connectivity index (χ2n) is 9.11. The van der Waals surface area contributed by atoms with Crippen LogP contribution in [-0.4, -0.2) is 48.1 Å². The van der Waals surface area contributed by atoms with Crippen LogP contribution in [0.5, 0.6) is 5.75 Å². The summed E-state index contributed by atoms with van der Waals surface area (Å²) in [6.45, 7) is 7.00. The van der Waals surface area contributed by atoms with E-state index in [2.05, 4.69) is 65.0 Å². The zero-order chi connectivity index (χ0) is 23.4. The van der Waals surface area contributed by atoms with E-state index >= 15 is 0 Å². The van der Waals surface area contributed by atoms with Gasteiger partial charge in [0, 0.05) is 56.2 Å². The third kappa shape index (κ3) is 5.45. The van der Waals surface area contributed by atoms with E-state index in [1.807, 2.05) is 18.5 Å². The molecule has 1 fully saturated rings. The molecule has 2 aromatic carbocycles. The molecule has 1 aliphatic heterocycles. The molecule has 1 atom stereocenters. The van der Waals surface area contributed by atoms with Crippen molar-refractivity contribution in [2.24, 2.45) is 5.73 Å². The van der Waals surface area contributed by atoms with Crippen molar-refractivity contribution in [3.63, 3.8) is 0 Å². The average Bonchev–Trinajstić information content (AvgIpc) is 2.82. The highest BCUT2D eigenvalue weighted by Crippen LogP contribution is 2.31. The van der Waals surface area contributed by atoms with E-state index in [0.717, 1.165) is 38.2 Å². The van der Waals surface area contributed by atoms with Crippen LogP contribution in [0.1, 0.15) is 37.3 Å². The number of hydrogen-bond acceptors (Lipinski definition) is 5. The maximum atomic E-state index is 11.4. The van der Waals surface area contributed by atoms with Crippen LogP contribution in [0.3, 0.4) is 0 Å². The molecule has 4 rings (SSSR count). The smallest absolute Gasteiger partial charge is 0.218 e. The number of carbonyl (C=O) groups is 1. The number of nitrogens with two attached hydrogens (primary N) is 1. The van der Waals surface area contributed by atoms with Crippen molar-refractivity contribution in [3.8, 4) is 5.75 Å². The Morgan fingerprint density at radius 1 is 1.18 bits per heavy atom. The van der Waals surface area contributed by atoms with Gasteiger partial charge in [-0.2, -0.15) is 0 Å². The van der Waals surface area contributed by atoms with Gasteiger partial charge in [0.2, 0.25) is 5.91 Å². The third-order valence-corrected chi connectivity index (χ3v) is 6.91. The molecule has 0 radical (unpaired) electrons. The second-order valence-corrected chi connectivity index (χ2v) is 9.11. The fraction of sp³-hybridized carbons (Fsp3) is 0.407. The molecule has 174 valence electrons. The lowest BCUT2D eigenvalue weighted by Gasteiger charge is -2.42. The first-order valence-electron chi connectivity index (χ1n) is 11.7. The van der Waals surface area contributed by atoms with Crippen LogP contribution >= 0.6 is 0 Å². The van der Waals surface area contributed by atoms with Crippen molar-refractivity contribution in [2.75, 3.05) is 25.1 Å². The largest absolute Gasteiger partial charge is 0.497 e. The Morgan fingerprint density at radius 3 is 2.61 bits per heavy atom. The Kier molecular flexibility index (Phi) is 7.14. The molecule has 33 heavy (non-hydrogen) atoms. The number of carbonyl (C=O) groups excluding carboxylic acids is 1. The van der Waals surface area contributed by atoms with Crippen LogP contribution in [0, 0.1) is 6.92 Å². The van der Waals surface area contributed by atoms with Gasteiger partial charge in [-0.05, 0) is 78.9 Å². The zero-order valence-corrected chi connectivity index (χ0v) is 19.8. The van der Waals surface area contributed by atoms with Crippen molar-refractivity contribution in [1.29, 1.82) is 0 Å². The van der Waals surface area contributed by atoms with Crippen LogP contribution in [0.25, 0.3) is 10.8 Å². The normalized spacial score (nSPS) is 16.0. The Morgan fingerprint density at radius 2 is 1.91 bits per heavy atom. The SMILES string of the molecule is COc1ccc2cc(N(Cc3cnccc3C)C3CCN(C(C)CC(N)=O)CC3)ccc2c1. The number of fused-ring (bicyclic) bond motifs is 1. The number of aryl methyl sites for hydroxylation is 1. The van der Waals surface area contributed by atoms with Gasteiger partial charge in [-0.1, -0.05) is 12.1 Å². The molecule has 1 saturated heterocycles. The van der Waals surface area contributed by atoms with Gasteiger partial charge in [-0.3, -0.25) is 14.7 Å². The molecule has 0 saturated carbocycles. The van der Waals surface area contributed by atoms with Crippen molar-refractivity contribution in [3.05, 3.63) is 66.0 Å². The molecule has 1 aromatic heterocycles. The van der Waals surface area contributed by atoms with Crippen LogP contribution in [0.2, 0.25) is 0 Å². The lowest BCUT2D eigenvalue weighted by Crippen LogP contribution is -2.48. The van der Waals surface area contributed by atoms with Gasteiger partial charge in [-0.25, -0.2) is 0 Å². The summed E-state index contributed by atoms with van der Waals surface area (Å²) in [4.78, 5) is 20.7. The number of rotatable bonds is 8. The first kappa shape index (κ1) is 23.1. The molecule has 1 unspecified atom stereocenters. The van der Waals surface area contributed by atoms with E-state index in [1.54, 1.807) is 7.11 Å². The number of methoxy groups -OCH3 is 1. The summed E-state index contributed by atoms with van der Waals surface area (Å²) in [5.74, 6) is 0.640. The summed E-state index contributed by atoms with van der Waals surface area (Å²) in [5, 5.41) is 2.37. The lowest BCUT2D eigenvalue weighted by atomic mass is 9.98. The number of benzene rings is 2. The fourth-order valence-corrected chi connectivity index (χ4v) is 4.85. The first-order valence-corrected chi connectivity index (χ1v) is 11.7. The topological polar surface area (TPSA) is 71.7 Å². The van der Waals surface area contributed by atoms with E-state index in [9.17, 15) is 4.79 Å². The number of nitrogens with zero attached hydrogens (tertiary/aromatic N) is 3. The number of likely N-dealkylation sites (tertiary alicyclic amines) is 1. The third-order valence-electron chi connectivity index (χ3n) is 6.91. The molecule has 2 heterocycles. The Labute approximate surface area is 196 Å². The van der Waals surface area contributed by atoms with Gasteiger partial charge in [-0.15, -0.1) is 0 Å². The van der Waals surface area contributed by atoms with E-state index in [4.69, 9.17) is 10.5 Å². The second kappa shape index (κ2) is 10.2. The van der Waals surface area contributed by atoms with Crippen molar-refractivity contribution >= 4 is 22.4 Å². The van der Waals surface area contributed by atoms with E-state index < -0.39 is 0 Å². The standard InChI is InChI=1S/C27H34N4O2/c1-19-8-11-29-17-23(19)18-31(24-9-12-30(13-10-24)20(2)14-27(28)32)25-6-4-22-16-26(33-3)7-5-21(22)15-25/h4-8,11,15-17,20,24H,9-10,12-14,18H2,1-3H3,(H2,28,32). The lowest BCUT2D eigenvalue weighted by molar-refractivity contribution is -0.119. The number of pyridine rings is 1. The number of hydrogen-bond donors (Lipinski definition) is 1. The summed E-state index contributed by atoms with van der Waals surface area (Å²) in [7, 11) is 1.70. The predicted octanol–water partition coefficient (Wildman–Crippen LogP) is 4.29. The maximum Gasteiger partial charge on any atom is 0.218 e. The van der Waals surface area contributed by atoms with E-state index in [0.29, 0.717) is 12.5 Å². The van der Waals surface area contributed by atoms with Crippen molar-refractivity contribution < 1.29 is 9.53 Å². The van der Waals surface area contributed by atoms with Crippen LogP contribution in [0.4, 0.5) is 5.69 Å². The molecule has 0 aliphatic carbocycles. The molecule has 1 aliphatic rings. The number of ether oxygens (including phenoxy) is 1. The summed E-state index contributed by atoms with van der Waals surface area (Å²) >= 11 is 0. The zero-order valence-electron chi connectivity index (χ0n) is 19.8. The van der Waals surface area contributed by atoms with Crippen LogP contribution in [0.15, 0.2) is 54.9 Å². The number of aromatic nitrogens is 1. The molecule has 3 aromatic rings. The van der Waals surface area contributed by atoms with Crippen LogP contribution < -0.4 is 15.4 Å². The summed E-state index contributed by atoms with van der Waals surface area (Å²) in [5.41, 5.74) is 9.15. The number of primary amides is 1. The van der Waals surface area contributed by atoms with E-state index in [1.165, 1.54) is 27.6 Å². The van der Waals surface area contributed by atoms with Gasteiger partial charge in [0.25, 0.3) is 0 Å². The molecule has 6 nitrogen and oxygen atoms in total. The van der Waals surface area contributed by atoms with Gasteiger partial charge in [0.1, 0.15) is 5.75 Å². The Hall–Kier alpha value is -3.12. The minimum absolute atomic E-state index is 0.188. The van der Waals surface area contributed by atoms with Gasteiger partial charge in [0.15, 0.2) is 0 Å². The van der Waals surface area contributed by atoms with Gasteiger partial charge >= 0.3 is 0 Å². The summed E-state index contributed by atoms with van der Waals surface area (Å²) in [6, 6.07) is 15.6. The number of amides is 1. The molecule has 1 amide bonds. The van der Waals surface area contributed by atoms with Gasteiger partial charge in [0.05, 0.1) is 7.11 Å². The Bertz CT molecular complexity index is 1110. The molecule has 0 spiro atoms. The number of anilines is 1. The summed E-state index contributed by atoms with van der Waals surface area (Å²) < 4.78 is 5.39. The summed E-state index contributed by atoms with van der Waals surface area (Å²) in [6.07, 6.45) is 6.34. The monoisotopic (exact) mass is 446 g/mol. The van der Waals surface area contributed by atoms with Crippen LogP contribution in [-0.2, 0) is 11.3 Å². The highest BCUT2D eigenvalue weighted by Gasteiger charge is 2.28. The highest BCUT2D eigenvalue weighted by molar-refractivity contribution is 5.87. The van der Waals surface area contributed by atoms with Crippen molar-refractivity contribution in [1.82, 2.24) is 9.88 Å². The highest BCUT2D eigenvalue weighted by atomic mass is 16.5. The predicted molar refractivity (Wildman–Crippen MR) is 134 cm³/mol. The average molecular weight is 447 g/mol. The molecular formula is C27H34N4O2. The minimum atomic E-state index is -0.230. The number of piperidine rings is 1. The Balaban J connectivity index is 1.60.